The maximum absolute atomic E-state index is 11.1. The summed E-state index contributed by atoms with van der Waals surface area (Å²) in [5.41, 5.74) is 3.27. The third-order valence-electron chi connectivity index (χ3n) is 4.75. The number of pyridine rings is 1. The van der Waals surface area contributed by atoms with Crippen molar-refractivity contribution in [3.63, 3.8) is 0 Å². The van der Waals surface area contributed by atoms with Gasteiger partial charge in [0.15, 0.2) is 0 Å². The number of carbonyl (C=O) groups excluding carboxylic acids is 1. The Hall–Kier alpha value is -2.24. The van der Waals surface area contributed by atoms with Crippen LogP contribution in [0.25, 0.3) is 0 Å². The first kappa shape index (κ1) is 17.6. The molecule has 1 unspecified atom stereocenters. The zero-order valence-corrected chi connectivity index (χ0v) is 15.0. The number of carbonyl (C=O) groups is 1. The van der Waals surface area contributed by atoms with Crippen LogP contribution in [0.2, 0.25) is 0 Å². The fraction of sp³-hybridized carbons (Fsp3) is 0.400. The van der Waals surface area contributed by atoms with Crippen LogP contribution in [0.4, 0.5) is 5.69 Å². The van der Waals surface area contributed by atoms with Crippen molar-refractivity contribution < 1.29 is 4.79 Å². The van der Waals surface area contributed by atoms with E-state index in [2.05, 4.69) is 51.3 Å². The van der Waals surface area contributed by atoms with E-state index >= 15 is 0 Å². The number of hydrogen-bond acceptors (Lipinski definition) is 4. The summed E-state index contributed by atoms with van der Waals surface area (Å²) in [6, 6.07) is 14.6. The van der Waals surface area contributed by atoms with Crippen molar-refractivity contribution in [1.82, 2.24) is 14.8 Å². The third kappa shape index (κ3) is 4.87. The molecule has 1 fully saturated rings. The van der Waals surface area contributed by atoms with Gasteiger partial charge in [0.25, 0.3) is 0 Å². The highest BCUT2D eigenvalue weighted by Gasteiger charge is 2.22. The van der Waals surface area contributed by atoms with E-state index in [9.17, 15) is 4.79 Å². The highest BCUT2D eigenvalue weighted by atomic mass is 16.1. The van der Waals surface area contributed by atoms with Crippen molar-refractivity contribution in [2.24, 2.45) is 0 Å². The molecule has 5 heteroatoms. The quantitative estimate of drug-likeness (QED) is 0.911. The Morgan fingerprint density at radius 1 is 1.12 bits per heavy atom. The molecule has 0 bridgehead atoms. The van der Waals surface area contributed by atoms with Gasteiger partial charge in [0, 0.05) is 57.6 Å². The van der Waals surface area contributed by atoms with Crippen molar-refractivity contribution in [1.29, 1.82) is 0 Å². The maximum Gasteiger partial charge on any atom is 0.221 e. The van der Waals surface area contributed by atoms with Crippen LogP contribution in [0.15, 0.2) is 48.7 Å². The molecule has 1 atom stereocenters. The Morgan fingerprint density at radius 2 is 1.84 bits per heavy atom. The van der Waals surface area contributed by atoms with Gasteiger partial charge in [0.1, 0.15) is 0 Å². The largest absolute Gasteiger partial charge is 0.326 e. The van der Waals surface area contributed by atoms with E-state index in [-0.39, 0.29) is 5.91 Å². The predicted molar refractivity (Wildman–Crippen MR) is 100 cm³/mol. The van der Waals surface area contributed by atoms with E-state index in [0.717, 1.165) is 44.1 Å². The normalized spacial score (nSPS) is 17.2. The summed E-state index contributed by atoms with van der Waals surface area (Å²) in [5.74, 6) is -0.0362. The molecule has 2 aromatic rings. The molecule has 2 heterocycles. The van der Waals surface area contributed by atoms with Crippen LogP contribution in [0, 0.1) is 0 Å². The van der Waals surface area contributed by atoms with Gasteiger partial charge in [-0.25, -0.2) is 0 Å². The average Bonchev–Trinajstić information content (AvgIpc) is 2.64. The second kappa shape index (κ2) is 8.23. The molecule has 1 aliphatic heterocycles. The van der Waals surface area contributed by atoms with Crippen LogP contribution < -0.4 is 5.32 Å². The van der Waals surface area contributed by atoms with Gasteiger partial charge in [0.05, 0.1) is 5.69 Å². The molecule has 1 aromatic carbocycles. The zero-order valence-electron chi connectivity index (χ0n) is 15.0. The van der Waals surface area contributed by atoms with Gasteiger partial charge in [0.2, 0.25) is 5.91 Å². The molecule has 1 aliphatic rings. The summed E-state index contributed by atoms with van der Waals surface area (Å²) in [7, 11) is 0. The Kier molecular flexibility index (Phi) is 5.79. The summed E-state index contributed by atoms with van der Waals surface area (Å²) in [6.45, 7) is 8.95. The number of amides is 1. The SMILES string of the molecule is CC(=O)Nc1ccc(CN2CCN(C(C)c3ccccn3)CC2)cc1. The fourth-order valence-corrected chi connectivity index (χ4v) is 3.27. The summed E-state index contributed by atoms with van der Waals surface area (Å²) in [6.07, 6.45) is 1.87. The number of nitrogens with zero attached hydrogens (tertiary/aromatic N) is 3. The van der Waals surface area contributed by atoms with Crippen LogP contribution >= 0.6 is 0 Å². The van der Waals surface area contributed by atoms with Crippen molar-refractivity contribution >= 4 is 11.6 Å². The lowest BCUT2D eigenvalue weighted by atomic mass is 10.1. The van der Waals surface area contributed by atoms with Crippen LogP contribution in [0.5, 0.6) is 0 Å². The van der Waals surface area contributed by atoms with E-state index in [0.29, 0.717) is 6.04 Å². The number of rotatable bonds is 5. The lowest BCUT2D eigenvalue weighted by Crippen LogP contribution is -2.46. The van der Waals surface area contributed by atoms with E-state index in [4.69, 9.17) is 0 Å². The van der Waals surface area contributed by atoms with Crippen molar-refractivity contribution in [2.45, 2.75) is 26.4 Å². The highest BCUT2D eigenvalue weighted by Crippen LogP contribution is 2.20. The molecular weight excluding hydrogens is 312 g/mol. The lowest BCUT2D eigenvalue weighted by Gasteiger charge is -2.37. The van der Waals surface area contributed by atoms with Crippen molar-refractivity contribution in [2.75, 3.05) is 31.5 Å². The molecule has 0 radical (unpaired) electrons. The van der Waals surface area contributed by atoms with E-state index in [1.807, 2.05) is 24.4 Å². The summed E-state index contributed by atoms with van der Waals surface area (Å²) in [4.78, 5) is 20.5. The van der Waals surface area contributed by atoms with Crippen LogP contribution in [0.3, 0.4) is 0 Å². The molecule has 1 N–H and O–H groups in total. The van der Waals surface area contributed by atoms with E-state index in [1.165, 1.54) is 12.5 Å². The average molecular weight is 338 g/mol. The second-order valence-corrected chi connectivity index (χ2v) is 6.62. The molecule has 5 nitrogen and oxygen atoms in total. The predicted octanol–water partition coefficient (Wildman–Crippen LogP) is 2.92. The fourth-order valence-electron chi connectivity index (χ4n) is 3.27. The number of piperazine rings is 1. The highest BCUT2D eigenvalue weighted by molar-refractivity contribution is 5.88. The number of benzene rings is 1. The van der Waals surface area contributed by atoms with Gasteiger partial charge >= 0.3 is 0 Å². The topological polar surface area (TPSA) is 48.5 Å². The van der Waals surface area contributed by atoms with Gasteiger partial charge in [-0.1, -0.05) is 18.2 Å². The molecule has 25 heavy (non-hydrogen) atoms. The smallest absolute Gasteiger partial charge is 0.221 e. The number of aromatic nitrogens is 1. The maximum atomic E-state index is 11.1. The minimum absolute atomic E-state index is 0.0362. The Bertz CT molecular complexity index is 679. The number of hydrogen-bond donors (Lipinski definition) is 1. The van der Waals surface area contributed by atoms with Gasteiger partial charge in [-0.15, -0.1) is 0 Å². The first-order chi connectivity index (χ1) is 12.1. The number of anilines is 1. The molecule has 1 amide bonds. The first-order valence-corrected chi connectivity index (χ1v) is 8.85. The number of nitrogens with one attached hydrogen (secondary N) is 1. The van der Waals surface area contributed by atoms with Gasteiger partial charge in [-0.3, -0.25) is 19.6 Å². The molecule has 132 valence electrons. The van der Waals surface area contributed by atoms with E-state index < -0.39 is 0 Å². The monoisotopic (exact) mass is 338 g/mol. The van der Waals surface area contributed by atoms with E-state index in [1.54, 1.807) is 0 Å². The standard InChI is InChI=1S/C20H26N4O/c1-16(20-5-3-4-10-21-20)24-13-11-23(12-14-24)15-18-6-8-19(9-7-18)22-17(2)25/h3-10,16H,11-15H2,1-2H3,(H,22,25). The molecule has 0 spiro atoms. The van der Waals surface area contributed by atoms with Crippen molar-refractivity contribution in [3.8, 4) is 0 Å². The van der Waals surface area contributed by atoms with Crippen LogP contribution in [-0.2, 0) is 11.3 Å². The Balaban J connectivity index is 1.50. The molecular formula is C20H26N4O. The Labute approximate surface area is 149 Å². The Morgan fingerprint density at radius 3 is 2.44 bits per heavy atom. The first-order valence-electron chi connectivity index (χ1n) is 8.85. The summed E-state index contributed by atoms with van der Waals surface area (Å²) >= 11 is 0. The lowest BCUT2D eigenvalue weighted by molar-refractivity contribution is -0.114. The molecule has 3 rings (SSSR count). The molecule has 0 saturated carbocycles. The van der Waals surface area contributed by atoms with Crippen molar-refractivity contribution in [3.05, 3.63) is 59.9 Å². The second-order valence-electron chi connectivity index (χ2n) is 6.62. The summed E-state index contributed by atoms with van der Waals surface area (Å²) in [5, 5.41) is 2.80. The minimum Gasteiger partial charge on any atom is -0.326 e. The molecule has 0 aliphatic carbocycles. The van der Waals surface area contributed by atoms with Gasteiger partial charge in [-0.2, -0.15) is 0 Å². The van der Waals surface area contributed by atoms with Gasteiger partial charge in [-0.05, 0) is 36.8 Å². The molecule has 1 saturated heterocycles. The summed E-state index contributed by atoms with van der Waals surface area (Å²) < 4.78 is 0. The van der Waals surface area contributed by atoms with Gasteiger partial charge < -0.3 is 5.32 Å². The van der Waals surface area contributed by atoms with Crippen LogP contribution in [-0.4, -0.2) is 46.9 Å². The zero-order chi connectivity index (χ0) is 17.6. The third-order valence-corrected chi connectivity index (χ3v) is 4.75. The molecule has 1 aromatic heterocycles. The minimum atomic E-state index is -0.0362. The van der Waals surface area contributed by atoms with Crippen LogP contribution in [0.1, 0.15) is 31.1 Å².